The Morgan fingerprint density at radius 2 is 2.06 bits per heavy atom. The second-order valence-corrected chi connectivity index (χ2v) is 4.08. The number of anilines is 1. The number of nitrogen functional groups attached to an aromatic ring is 1. The molecule has 0 saturated heterocycles. The van der Waals surface area contributed by atoms with Gasteiger partial charge in [0.05, 0.1) is 5.52 Å². The highest BCUT2D eigenvalue weighted by Crippen LogP contribution is 2.22. The Labute approximate surface area is 98.2 Å². The third kappa shape index (κ3) is 2.23. The molecule has 0 bridgehead atoms. The van der Waals surface area contributed by atoms with Crippen molar-refractivity contribution in [2.45, 2.75) is 32.7 Å². The molecule has 0 radical (unpaired) electrons. The number of aryl methyl sites for hydroxylation is 1. The molecule has 0 aliphatic carbocycles. The predicted octanol–water partition coefficient (Wildman–Crippen LogP) is 3.09. The van der Waals surface area contributed by atoms with Crippen molar-refractivity contribution in [3.05, 3.63) is 23.8 Å². The fraction of sp³-hybridized carbons (Fsp3) is 0.417. The number of aromatic nitrogens is 2. The van der Waals surface area contributed by atoms with Crippen LogP contribution < -0.4 is 5.73 Å². The Hall–Kier alpha value is -1.65. The second-order valence-electron chi connectivity index (χ2n) is 4.08. The summed E-state index contributed by atoms with van der Waals surface area (Å²) in [6, 6.07) is 2.10. The van der Waals surface area contributed by atoms with Gasteiger partial charge in [0.15, 0.2) is 5.82 Å². The van der Waals surface area contributed by atoms with E-state index in [-0.39, 0.29) is 11.5 Å². The molecule has 17 heavy (non-hydrogen) atoms. The maximum atomic E-state index is 13.5. The molecule has 0 unspecified atom stereocenters. The first kappa shape index (κ1) is 11.8. The molecule has 2 N–H and O–H groups in total. The van der Waals surface area contributed by atoms with Crippen LogP contribution in [-0.4, -0.2) is 9.55 Å². The number of hydrogen-bond donors (Lipinski definition) is 1. The summed E-state index contributed by atoms with van der Waals surface area (Å²) >= 11 is 0. The summed E-state index contributed by atoms with van der Waals surface area (Å²) in [4.78, 5) is 3.93. The van der Waals surface area contributed by atoms with Gasteiger partial charge in [0.2, 0.25) is 5.95 Å². The van der Waals surface area contributed by atoms with Gasteiger partial charge in [-0.2, -0.15) is 0 Å². The van der Waals surface area contributed by atoms with Crippen molar-refractivity contribution in [3.8, 4) is 0 Å². The van der Waals surface area contributed by atoms with Crippen molar-refractivity contribution < 1.29 is 8.78 Å². The van der Waals surface area contributed by atoms with E-state index < -0.39 is 11.6 Å². The van der Waals surface area contributed by atoms with Crippen LogP contribution in [0.5, 0.6) is 0 Å². The van der Waals surface area contributed by atoms with E-state index in [1.165, 1.54) is 6.07 Å². The third-order valence-corrected chi connectivity index (χ3v) is 2.79. The van der Waals surface area contributed by atoms with Crippen molar-refractivity contribution >= 4 is 17.0 Å². The fourth-order valence-corrected chi connectivity index (χ4v) is 1.92. The van der Waals surface area contributed by atoms with Gasteiger partial charge in [-0.15, -0.1) is 0 Å². The number of benzene rings is 1. The van der Waals surface area contributed by atoms with E-state index in [1.807, 2.05) is 0 Å². The van der Waals surface area contributed by atoms with Crippen molar-refractivity contribution in [1.29, 1.82) is 0 Å². The summed E-state index contributed by atoms with van der Waals surface area (Å²) in [5.74, 6) is -1.03. The lowest BCUT2D eigenvalue weighted by Gasteiger charge is -2.05. The Balaban J connectivity index is 2.43. The number of nitrogens with zero attached hydrogens (tertiary/aromatic N) is 2. The largest absolute Gasteiger partial charge is 0.369 e. The average Bonchev–Trinajstić information content (AvgIpc) is 2.57. The van der Waals surface area contributed by atoms with Crippen LogP contribution in [0.2, 0.25) is 0 Å². The normalized spacial score (nSPS) is 11.2. The van der Waals surface area contributed by atoms with E-state index in [1.54, 1.807) is 4.57 Å². The Kier molecular flexibility index (Phi) is 3.26. The molecule has 2 rings (SSSR count). The monoisotopic (exact) mass is 239 g/mol. The lowest BCUT2D eigenvalue weighted by atomic mass is 10.2. The molecule has 2 aromatic rings. The molecule has 1 aromatic carbocycles. The summed E-state index contributed by atoms with van der Waals surface area (Å²) in [6.07, 6.45) is 3.05. The van der Waals surface area contributed by atoms with Gasteiger partial charge in [-0.1, -0.05) is 19.8 Å². The standard InChI is InChI=1S/C12H15F2N3/c1-2-3-4-5-17-10-7-8(13)6-9(14)11(10)16-12(17)15/h6-7H,2-5H2,1H3,(H2,15,16). The molecule has 5 heteroatoms. The number of nitrogens with two attached hydrogens (primary N) is 1. The molecule has 0 saturated carbocycles. The van der Waals surface area contributed by atoms with Gasteiger partial charge in [-0.05, 0) is 6.42 Å². The highest BCUT2D eigenvalue weighted by molar-refractivity contribution is 5.79. The molecule has 92 valence electrons. The van der Waals surface area contributed by atoms with Crippen molar-refractivity contribution in [2.24, 2.45) is 0 Å². The SMILES string of the molecule is CCCCCn1c(N)nc2c(F)cc(F)cc21. The average molecular weight is 239 g/mol. The molecule has 1 heterocycles. The Morgan fingerprint density at radius 3 is 2.76 bits per heavy atom. The minimum atomic E-state index is -0.666. The van der Waals surface area contributed by atoms with E-state index in [0.717, 1.165) is 25.3 Å². The maximum Gasteiger partial charge on any atom is 0.201 e. The zero-order valence-corrected chi connectivity index (χ0v) is 9.71. The highest BCUT2D eigenvalue weighted by atomic mass is 19.1. The summed E-state index contributed by atoms with van der Waals surface area (Å²) < 4.78 is 28.3. The van der Waals surface area contributed by atoms with Gasteiger partial charge in [0.1, 0.15) is 11.3 Å². The third-order valence-electron chi connectivity index (χ3n) is 2.79. The summed E-state index contributed by atoms with van der Waals surface area (Å²) in [5, 5.41) is 0. The number of unbranched alkanes of at least 4 members (excludes halogenated alkanes) is 2. The maximum absolute atomic E-state index is 13.5. The summed E-state index contributed by atoms with van der Waals surface area (Å²) in [7, 11) is 0. The first-order valence-corrected chi connectivity index (χ1v) is 5.74. The van der Waals surface area contributed by atoms with E-state index in [0.29, 0.717) is 12.1 Å². The minimum Gasteiger partial charge on any atom is -0.369 e. The van der Waals surface area contributed by atoms with Gasteiger partial charge in [0, 0.05) is 18.7 Å². The van der Waals surface area contributed by atoms with Gasteiger partial charge in [-0.3, -0.25) is 0 Å². The molecular weight excluding hydrogens is 224 g/mol. The smallest absolute Gasteiger partial charge is 0.201 e. The van der Waals surface area contributed by atoms with Crippen LogP contribution in [0.15, 0.2) is 12.1 Å². The molecule has 0 fully saturated rings. The Bertz CT molecular complexity index is 534. The zero-order valence-electron chi connectivity index (χ0n) is 9.71. The van der Waals surface area contributed by atoms with Crippen molar-refractivity contribution in [1.82, 2.24) is 9.55 Å². The number of halogens is 2. The van der Waals surface area contributed by atoms with E-state index in [4.69, 9.17) is 5.73 Å². The van der Waals surface area contributed by atoms with Gasteiger partial charge in [0.25, 0.3) is 0 Å². The number of hydrogen-bond acceptors (Lipinski definition) is 2. The first-order chi connectivity index (χ1) is 8.13. The van der Waals surface area contributed by atoms with Crippen LogP contribution in [0.1, 0.15) is 26.2 Å². The summed E-state index contributed by atoms with van der Waals surface area (Å²) in [6.45, 7) is 2.73. The molecule has 0 amide bonds. The topological polar surface area (TPSA) is 43.8 Å². The molecule has 1 aromatic heterocycles. The van der Waals surface area contributed by atoms with Crippen LogP contribution in [0, 0.1) is 11.6 Å². The van der Waals surface area contributed by atoms with Crippen LogP contribution in [0.25, 0.3) is 11.0 Å². The minimum absolute atomic E-state index is 0.139. The zero-order chi connectivity index (χ0) is 12.4. The van der Waals surface area contributed by atoms with Crippen LogP contribution in [0.3, 0.4) is 0 Å². The quantitative estimate of drug-likeness (QED) is 0.833. The fourth-order valence-electron chi connectivity index (χ4n) is 1.92. The number of imidazole rings is 1. The van der Waals surface area contributed by atoms with E-state index >= 15 is 0 Å². The van der Waals surface area contributed by atoms with Crippen molar-refractivity contribution in [3.63, 3.8) is 0 Å². The highest BCUT2D eigenvalue weighted by Gasteiger charge is 2.13. The number of rotatable bonds is 4. The second kappa shape index (κ2) is 4.69. The van der Waals surface area contributed by atoms with Crippen LogP contribution >= 0.6 is 0 Å². The molecule has 0 atom stereocenters. The van der Waals surface area contributed by atoms with E-state index in [2.05, 4.69) is 11.9 Å². The van der Waals surface area contributed by atoms with Crippen LogP contribution in [0.4, 0.5) is 14.7 Å². The molecular formula is C12H15F2N3. The molecule has 0 aliphatic heterocycles. The van der Waals surface area contributed by atoms with Crippen LogP contribution in [-0.2, 0) is 6.54 Å². The number of fused-ring (bicyclic) bond motifs is 1. The lowest BCUT2D eigenvalue weighted by Crippen LogP contribution is -2.03. The lowest BCUT2D eigenvalue weighted by molar-refractivity contribution is 0.587. The first-order valence-electron chi connectivity index (χ1n) is 5.74. The van der Waals surface area contributed by atoms with Gasteiger partial charge >= 0.3 is 0 Å². The Morgan fingerprint density at radius 1 is 1.29 bits per heavy atom. The van der Waals surface area contributed by atoms with E-state index in [9.17, 15) is 8.78 Å². The van der Waals surface area contributed by atoms with Gasteiger partial charge in [-0.25, -0.2) is 13.8 Å². The predicted molar refractivity (Wildman–Crippen MR) is 63.6 cm³/mol. The molecule has 0 aliphatic rings. The van der Waals surface area contributed by atoms with Crippen molar-refractivity contribution in [2.75, 3.05) is 5.73 Å². The molecule has 0 spiro atoms. The summed E-state index contributed by atoms with van der Waals surface area (Å²) in [5.41, 5.74) is 6.28. The molecule has 3 nitrogen and oxygen atoms in total. The van der Waals surface area contributed by atoms with Gasteiger partial charge < -0.3 is 10.3 Å².